The van der Waals surface area contributed by atoms with E-state index < -0.39 is 0 Å². The number of aryl methyl sites for hydroxylation is 1. The Morgan fingerprint density at radius 3 is 2.79 bits per heavy atom. The van der Waals surface area contributed by atoms with Crippen molar-refractivity contribution in [3.05, 3.63) is 45.4 Å². The Kier molecular flexibility index (Phi) is 3.49. The second-order valence-electron chi connectivity index (χ2n) is 3.11. The number of pyridine rings is 1. The highest BCUT2D eigenvalue weighted by atomic mass is 35.5. The van der Waals surface area contributed by atoms with Gasteiger partial charge in [0, 0.05) is 22.8 Å². The maximum atomic E-state index is 11.7. The lowest BCUT2D eigenvalue weighted by Gasteiger charge is -2.09. The topological polar surface area (TPSA) is 48.0 Å². The molecule has 0 saturated heterocycles. The van der Waals surface area contributed by atoms with Gasteiger partial charge in [0.15, 0.2) is 0 Å². The first-order valence-electron chi connectivity index (χ1n) is 4.29. The Morgan fingerprint density at radius 2 is 2.29 bits per heavy atom. The zero-order valence-corrected chi connectivity index (χ0v) is 8.84. The molecule has 2 N–H and O–H groups in total. The molecule has 0 amide bonds. The van der Waals surface area contributed by atoms with Gasteiger partial charge in [-0.2, -0.15) is 0 Å². The molecule has 0 aliphatic rings. The van der Waals surface area contributed by atoms with Crippen LogP contribution < -0.4 is 11.3 Å². The average molecular weight is 213 g/mol. The fourth-order valence-corrected chi connectivity index (χ4v) is 1.36. The van der Waals surface area contributed by atoms with Crippen LogP contribution in [-0.2, 0) is 13.1 Å². The van der Waals surface area contributed by atoms with Crippen LogP contribution in [0.2, 0.25) is 0 Å². The maximum Gasteiger partial charge on any atom is 0.255 e. The van der Waals surface area contributed by atoms with Crippen LogP contribution in [0, 0.1) is 6.92 Å². The largest absolute Gasteiger partial charge is 0.326 e. The molecule has 14 heavy (non-hydrogen) atoms. The summed E-state index contributed by atoms with van der Waals surface area (Å²) in [7, 11) is 0. The molecule has 0 bridgehead atoms. The summed E-state index contributed by atoms with van der Waals surface area (Å²) in [6, 6.07) is 3.59. The summed E-state index contributed by atoms with van der Waals surface area (Å²) in [6.07, 6.45) is 0. The van der Waals surface area contributed by atoms with Gasteiger partial charge in [-0.05, 0) is 13.0 Å². The van der Waals surface area contributed by atoms with Crippen molar-refractivity contribution in [1.82, 2.24) is 4.57 Å². The quantitative estimate of drug-likeness (QED) is 0.823. The van der Waals surface area contributed by atoms with Crippen LogP contribution in [0.5, 0.6) is 0 Å². The number of rotatable bonds is 3. The van der Waals surface area contributed by atoms with Crippen LogP contribution in [-0.4, -0.2) is 4.57 Å². The molecule has 1 aromatic rings. The van der Waals surface area contributed by atoms with Gasteiger partial charge in [0.2, 0.25) is 0 Å². The van der Waals surface area contributed by atoms with Gasteiger partial charge in [0.1, 0.15) is 0 Å². The van der Waals surface area contributed by atoms with Crippen molar-refractivity contribution in [2.24, 2.45) is 5.73 Å². The zero-order valence-electron chi connectivity index (χ0n) is 8.09. The molecular formula is C10H13ClN2O. The molecule has 0 atom stereocenters. The number of hydrogen-bond donors (Lipinski definition) is 1. The van der Waals surface area contributed by atoms with E-state index in [2.05, 4.69) is 6.58 Å². The average Bonchev–Trinajstić information content (AvgIpc) is 2.12. The SMILES string of the molecule is C=C(Cl)Cn1c(C)ccc(CN)c1=O. The summed E-state index contributed by atoms with van der Waals surface area (Å²) < 4.78 is 1.57. The zero-order chi connectivity index (χ0) is 10.7. The molecule has 3 nitrogen and oxygen atoms in total. The van der Waals surface area contributed by atoms with Gasteiger partial charge in [-0.3, -0.25) is 4.79 Å². The number of halogens is 1. The molecule has 0 spiro atoms. The van der Waals surface area contributed by atoms with E-state index in [0.717, 1.165) is 5.69 Å². The Balaban J connectivity index is 3.25. The fraction of sp³-hybridized carbons (Fsp3) is 0.300. The van der Waals surface area contributed by atoms with Crippen LogP contribution in [0.15, 0.2) is 28.5 Å². The summed E-state index contributed by atoms with van der Waals surface area (Å²) >= 11 is 5.67. The molecule has 0 fully saturated rings. The molecule has 1 rings (SSSR count). The van der Waals surface area contributed by atoms with Crippen LogP contribution >= 0.6 is 11.6 Å². The smallest absolute Gasteiger partial charge is 0.255 e. The first kappa shape index (κ1) is 11.0. The van der Waals surface area contributed by atoms with Gasteiger partial charge in [0.05, 0.1) is 6.54 Å². The normalized spacial score (nSPS) is 10.2. The van der Waals surface area contributed by atoms with Gasteiger partial charge >= 0.3 is 0 Å². The number of nitrogens with two attached hydrogens (primary N) is 1. The van der Waals surface area contributed by atoms with Crippen molar-refractivity contribution >= 4 is 11.6 Å². The Bertz CT molecular complexity index is 409. The molecule has 1 aromatic heterocycles. The number of nitrogens with zero attached hydrogens (tertiary/aromatic N) is 1. The van der Waals surface area contributed by atoms with Crippen molar-refractivity contribution in [3.63, 3.8) is 0 Å². The first-order chi connectivity index (χ1) is 6.56. The summed E-state index contributed by atoms with van der Waals surface area (Å²) in [5, 5.41) is 0.435. The van der Waals surface area contributed by atoms with Gasteiger partial charge in [-0.1, -0.05) is 24.2 Å². The predicted molar refractivity (Wildman–Crippen MR) is 58.3 cm³/mol. The van der Waals surface area contributed by atoms with Crippen molar-refractivity contribution in [3.8, 4) is 0 Å². The first-order valence-corrected chi connectivity index (χ1v) is 4.66. The van der Waals surface area contributed by atoms with Gasteiger partial charge < -0.3 is 10.3 Å². The van der Waals surface area contributed by atoms with E-state index in [1.54, 1.807) is 10.6 Å². The van der Waals surface area contributed by atoms with E-state index in [-0.39, 0.29) is 12.1 Å². The molecule has 0 saturated carbocycles. The van der Waals surface area contributed by atoms with Crippen molar-refractivity contribution < 1.29 is 0 Å². The number of allylic oxidation sites excluding steroid dienone is 1. The van der Waals surface area contributed by atoms with Crippen LogP contribution in [0.25, 0.3) is 0 Å². The minimum Gasteiger partial charge on any atom is -0.326 e. The molecule has 0 unspecified atom stereocenters. The highest BCUT2D eigenvalue weighted by molar-refractivity contribution is 6.29. The summed E-state index contributed by atoms with van der Waals surface area (Å²) in [5.74, 6) is 0. The van der Waals surface area contributed by atoms with E-state index in [0.29, 0.717) is 17.1 Å². The Labute approximate surface area is 87.8 Å². The molecule has 0 radical (unpaired) electrons. The number of hydrogen-bond acceptors (Lipinski definition) is 2. The highest BCUT2D eigenvalue weighted by Gasteiger charge is 2.04. The molecule has 0 aliphatic carbocycles. The third-order valence-electron chi connectivity index (χ3n) is 2.02. The minimum absolute atomic E-state index is 0.0886. The maximum absolute atomic E-state index is 11.7. The third-order valence-corrected chi connectivity index (χ3v) is 2.14. The highest BCUT2D eigenvalue weighted by Crippen LogP contribution is 2.04. The molecular weight excluding hydrogens is 200 g/mol. The molecule has 4 heteroatoms. The molecule has 0 aromatic carbocycles. The second kappa shape index (κ2) is 4.44. The van der Waals surface area contributed by atoms with Crippen LogP contribution in [0.4, 0.5) is 0 Å². The number of aromatic nitrogens is 1. The van der Waals surface area contributed by atoms with Crippen molar-refractivity contribution in [2.75, 3.05) is 0 Å². The Morgan fingerprint density at radius 1 is 1.64 bits per heavy atom. The van der Waals surface area contributed by atoms with Crippen molar-refractivity contribution in [1.29, 1.82) is 0 Å². The van der Waals surface area contributed by atoms with Gasteiger partial charge in [-0.25, -0.2) is 0 Å². The molecule has 76 valence electrons. The van der Waals surface area contributed by atoms with E-state index in [4.69, 9.17) is 17.3 Å². The summed E-state index contributed by atoms with van der Waals surface area (Å²) in [6.45, 7) is 5.99. The summed E-state index contributed by atoms with van der Waals surface area (Å²) in [4.78, 5) is 11.7. The lowest BCUT2D eigenvalue weighted by Crippen LogP contribution is -2.26. The van der Waals surface area contributed by atoms with E-state index in [1.165, 1.54) is 0 Å². The van der Waals surface area contributed by atoms with Crippen LogP contribution in [0.1, 0.15) is 11.3 Å². The predicted octanol–water partition coefficient (Wildman–Crippen LogP) is 1.37. The standard InChI is InChI=1S/C10H13ClN2O/c1-7(11)6-13-8(2)3-4-9(5-12)10(13)14/h3-4H,1,5-6,12H2,2H3. The van der Waals surface area contributed by atoms with Gasteiger partial charge in [-0.15, -0.1) is 0 Å². The summed E-state index contributed by atoms with van der Waals surface area (Å²) in [5.41, 5.74) is 6.79. The van der Waals surface area contributed by atoms with Gasteiger partial charge in [0.25, 0.3) is 5.56 Å². The van der Waals surface area contributed by atoms with Crippen molar-refractivity contribution in [2.45, 2.75) is 20.0 Å². The monoisotopic (exact) mass is 212 g/mol. The lowest BCUT2D eigenvalue weighted by atomic mass is 10.2. The van der Waals surface area contributed by atoms with E-state index >= 15 is 0 Å². The fourth-order valence-electron chi connectivity index (χ4n) is 1.24. The Hall–Kier alpha value is -1.06. The molecule has 0 aliphatic heterocycles. The molecule has 1 heterocycles. The second-order valence-corrected chi connectivity index (χ2v) is 3.65. The minimum atomic E-state index is -0.0886. The third kappa shape index (κ3) is 2.25. The van der Waals surface area contributed by atoms with Crippen LogP contribution in [0.3, 0.4) is 0 Å². The van der Waals surface area contributed by atoms with E-state index in [9.17, 15) is 4.79 Å². The van der Waals surface area contributed by atoms with E-state index in [1.807, 2.05) is 13.0 Å². The lowest BCUT2D eigenvalue weighted by molar-refractivity contribution is 0.725.